The summed E-state index contributed by atoms with van der Waals surface area (Å²) >= 11 is 0. The minimum absolute atomic E-state index is 1.04. The van der Waals surface area contributed by atoms with E-state index >= 15 is 0 Å². The van der Waals surface area contributed by atoms with Crippen LogP contribution in [0, 0.1) is 20.8 Å². The number of benzene rings is 3. The van der Waals surface area contributed by atoms with Gasteiger partial charge in [-0.1, -0.05) is 83.4 Å². The number of fused-ring (bicyclic) bond motifs is 1. The molecule has 4 rings (SSSR count). The van der Waals surface area contributed by atoms with Gasteiger partial charge in [0.25, 0.3) is 0 Å². The van der Waals surface area contributed by atoms with Gasteiger partial charge in [-0.3, -0.25) is 0 Å². The van der Waals surface area contributed by atoms with Crippen LogP contribution in [-0.2, 0) is 25.7 Å². The van der Waals surface area contributed by atoms with E-state index in [-0.39, 0.29) is 0 Å². The fourth-order valence-corrected chi connectivity index (χ4v) is 4.36. The van der Waals surface area contributed by atoms with Crippen molar-refractivity contribution in [3.05, 3.63) is 111 Å². The standard InChI is InChI=1S/C27H28/c1-19-7-9-22(10-8-19)11-12-24-5-4-6-25-13-14-26(27(24)25)18-23-16-20(2)15-21(3)17-23/h4-10,14-17H,11-13,18H2,1-3H3. The Morgan fingerprint density at radius 1 is 0.704 bits per heavy atom. The molecule has 1 aliphatic rings. The monoisotopic (exact) mass is 352 g/mol. The van der Waals surface area contributed by atoms with Crippen molar-refractivity contribution >= 4 is 5.57 Å². The summed E-state index contributed by atoms with van der Waals surface area (Å²) in [6.07, 6.45) is 6.77. The maximum absolute atomic E-state index is 2.44. The number of rotatable bonds is 5. The van der Waals surface area contributed by atoms with Gasteiger partial charge < -0.3 is 0 Å². The summed E-state index contributed by atoms with van der Waals surface area (Å²) in [5.41, 5.74) is 12.9. The van der Waals surface area contributed by atoms with E-state index in [1.54, 1.807) is 0 Å². The number of aryl methyl sites for hydroxylation is 5. The Kier molecular flexibility index (Phi) is 4.99. The van der Waals surface area contributed by atoms with Crippen molar-refractivity contribution < 1.29 is 0 Å². The molecule has 0 fully saturated rings. The van der Waals surface area contributed by atoms with Crippen LogP contribution in [0.4, 0.5) is 0 Å². The summed E-state index contributed by atoms with van der Waals surface area (Å²) in [5, 5.41) is 0. The first-order chi connectivity index (χ1) is 13.1. The highest BCUT2D eigenvalue weighted by Crippen LogP contribution is 2.34. The fourth-order valence-electron chi connectivity index (χ4n) is 4.36. The minimum atomic E-state index is 1.04. The molecule has 1 aliphatic carbocycles. The zero-order chi connectivity index (χ0) is 18.8. The van der Waals surface area contributed by atoms with Crippen LogP contribution in [0.25, 0.3) is 5.57 Å². The molecule has 0 radical (unpaired) electrons. The van der Waals surface area contributed by atoms with Crippen molar-refractivity contribution in [2.75, 3.05) is 0 Å². The molecule has 0 aromatic heterocycles. The third kappa shape index (κ3) is 4.06. The Labute approximate surface area is 163 Å². The van der Waals surface area contributed by atoms with Crippen molar-refractivity contribution in [1.82, 2.24) is 0 Å². The Morgan fingerprint density at radius 3 is 2.19 bits per heavy atom. The van der Waals surface area contributed by atoms with E-state index in [2.05, 4.69) is 87.5 Å². The summed E-state index contributed by atoms with van der Waals surface area (Å²) in [7, 11) is 0. The Hall–Kier alpha value is -2.60. The summed E-state index contributed by atoms with van der Waals surface area (Å²) in [5.74, 6) is 0. The molecule has 0 unspecified atom stereocenters. The zero-order valence-corrected chi connectivity index (χ0v) is 16.7. The average molecular weight is 353 g/mol. The number of hydrogen-bond donors (Lipinski definition) is 0. The largest absolute Gasteiger partial charge is 0.0759 e. The molecule has 3 aromatic carbocycles. The van der Waals surface area contributed by atoms with Gasteiger partial charge in [-0.2, -0.15) is 0 Å². The average Bonchev–Trinajstić information content (AvgIpc) is 3.04. The highest BCUT2D eigenvalue weighted by molar-refractivity contribution is 5.77. The minimum Gasteiger partial charge on any atom is -0.0759 e. The maximum Gasteiger partial charge on any atom is -0.00225 e. The second-order valence-electron chi connectivity index (χ2n) is 8.04. The van der Waals surface area contributed by atoms with Gasteiger partial charge in [-0.25, -0.2) is 0 Å². The third-order valence-corrected chi connectivity index (χ3v) is 5.61. The molecule has 0 aliphatic heterocycles. The lowest BCUT2D eigenvalue weighted by molar-refractivity contribution is 0.951. The fraction of sp³-hybridized carbons (Fsp3) is 0.259. The van der Waals surface area contributed by atoms with E-state index < -0.39 is 0 Å². The van der Waals surface area contributed by atoms with Crippen LogP contribution in [0.1, 0.15) is 44.5 Å². The van der Waals surface area contributed by atoms with Crippen molar-refractivity contribution in [3.63, 3.8) is 0 Å². The SMILES string of the molecule is Cc1ccc(CCc2cccc3c2C(Cc2cc(C)cc(C)c2)=CC3)cc1. The molecule has 136 valence electrons. The van der Waals surface area contributed by atoms with Gasteiger partial charge in [0, 0.05) is 0 Å². The molecule has 0 amide bonds. The predicted molar refractivity (Wildman–Crippen MR) is 116 cm³/mol. The van der Waals surface area contributed by atoms with E-state index in [1.807, 2.05) is 0 Å². The topological polar surface area (TPSA) is 0 Å². The van der Waals surface area contributed by atoms with Crippen molar-refractivity contribution in [3.8, 4) is 0 Å². The van der Waals surface area contributed by atoms with Gasteiger partial charge >= 0.3 is 0 Å². The lowest BCUT2D eigenvalue weighted by Crippen LogP contribution is -2.00. The summed E-state index contributed by atoms with van der Waals surface area (Å²) in [6, 6.07) is 22.8. The summed E-state index contributed by atoms with van der Waals surface area (Å²) in [4.78, 5) is 0. The number of hydrogen-bond acceptors (Lipinski definition) is 0. The Morgan fingerprint density at radius 2 is 1.44 bits per heavy atom. The normalized spacial score (nSPS) is 12.8. The zero-order valence-electron chi connectivity index (χ0n) is 16.7. The quantitative estimate of drug-likeness (QED) is 0.486. The van der Waals surface area contributed by atoms with Crippen LogP contribution in [0.5, 0.6) is 0 Å². The molecule has 0 spiro atoms. The van der Waals surface area contributed by atoms with Crippen LogP contribution in [0.15, 0.2) is 66.7 Å². The van der Waals surface area contributed by atoms with Crippen LogP contribution in [-0.4, -0.2) is 0 Å². The first-order valence-corrected chi connectivity index (χ1v) is 10.0. The van der Waals surface area contributed by atoms with E-state index in [4.69, 9.17) is 0 Å². The second kappa shape index (κ2) is 7.56. The molecule has 3 aromatic rings. The van der Waals surface area contributed by atoms with Crippen molar-refractivity contribution in [1.29, 1.82) is 0 Å². The molecule has 0 saturated heterocycles. The molecule has 0 N–H and O–H groups in total. The van der Waals surface area contributed by atoms with E-state index in [9.17, 15) is 0 Å². The first-order valence-electron chi connectivity index (χ1n) is 10.0. The van der Waals surface area contributed by atoms with Gasteiger partial charge in [0.1, 0.15) is 0 Å². The summed E-state index contributed by atoms with van der Waals surface area (Å²) < 4.78 is 0. The predicted octanol–water partition coefficient (Wildman–Crippen LogP) is 6.58. The molecule has 0 heteroatoms. The van der Waals surface area contributed by atoms with Crippen molar-refractivity contribution in [2.45, 2.75) is 46.5 Å². The molecule has 0 atom stereocenters. The lowest BCUT2D eigenvalue weighted by Gasteiger charge is -2.14. The molecule has 0 heterocycles. The lowest BCUT2D eigenvalue weighted by atomic mass is 9.91. The highest BCUT2D eigenvalue weighted by atomic mass is 14.2. The van der Waals surface area contributed by atoms with E-state index in [0.29, 0.717) is 0 Å². The molecular weight excluding hydrogens is 324 g/mol. The van der Waals surface area contributed by atoms with E-state index in [0.717, 1.165) is 25.7 Å². The van der Waals surface area contributed by atoms with Crippen LogP contribution in [0.3, 0.4) is 0 Å². The Balaban J connectivity index is 1.57. The third-order valence-electron chi connectivity index (χ3n) is 5.61. The van der Waals surface area contributed by atoms with Crippen LogP contribution >= 0.6 is 0 Å². The highest BCUT2D eigenvalue weighted by Gasteiger charge is 2.18. The van der Waals surface area contributed by atoms with Crippen molar-refractivity contribution in [2.24, 2.45) is 0 Å². The number of allylic oxidation sites excluding steroid dienone is 2. The molecule has 0 bridgehead atoms. The van der Waals surface area contributed by atoms with Gasteiger partial charge in [0.15, 0.2) is 0 Å². The van der Waals surface area contributed by atoms with Crippen LogP contribution in [0.2, 0.25) is 0 Å². The second-order valence-corrected chi connectivity index (χ2v) is 8.04. The molecular formula is C27H28. The molecule has 0 saturated carbocycles. The van der Waals surface area contributed by atoms with Crippen LogP contribution < -0.4 is 0 Å². The Bertz CT molecular complexity index is 967. The van der Waals surface area contributed by atoms with Gasteiger partial charge in [0.2, 0.25) is 0 Å². The molecule has 27 heavy (non-hydrogen) atoms. The summed E-state index contributed by atoms with van der Waals surface area (Å²) in [6.45, 7) is 6.54. The van der Waals surface area contributed by atoms with Gasteiger partial charge in [-0.15, -0.1) is 0 Å². The maximum atomic E-state index is 2.44. The van der Waals surface area contributed by atoms with Gasteiger partial charge in [0.05, 0.1) is 0 Å². The first kappa shape index (κ1) is 17.8. The van der Waals surface area contributed by atoms with Gasteiger partial charge in [-0.05, 0) is 79.8 Å². The molecule has 0 nitrogen and oxygen atoms in total. The smallest absolute Gasteiger partial charge is 0.00225 e. The van der Waals surface area contributed by atoms with E-state index in [1.165, 1.54) is 50.1 Å².